The molecule has 6 heteroatoms. The molecule has 124 valence electrons. The molecule has 1 aromatic carbocycles. The van der Waals surface area contributed by atoms with Gasteiger partial charge in [-0.1, -0.05) is 12.1 Å². The number of nitrogens with one attached hydrogen (secondary N) is 1. The maximum absolute atomic E-state index is 12.6. The third-order valence-corrected chi connectivity index (χ3v) is 8.04. The van der Waals surface area contributed by atoms with E-state index in [1.807, 2.05) is 56.4 Å². The minimum absolute atomic E-state index is 0.0845. The fraction of sp³-hybridized carbons (Fsp3) is 0.625. The Bertz CT molecular complexity index is 493. The summed E-state index contributed by atoms with van der Waals surface area (Å²) in [4.78, 5) is 0. The van der Waals surface area contributed by atoms with E-state index in [0.29, 0.717) is 4.58 Å². The lowest BCUT2D eigenvalue weighted by Crippen LogP contribution is -2.39. The predicted octanol–water partition coefficient (Wildman–Crippen LogP) is 3.98. The van der Waals surface area contributed by atoms with Crippen LogP contribution in [0.15, 0.2) is 24.3 Å². The molecule has 1 aromatic rings. The number of benzene rings is 1. The summed E-state index contributed by atoms with van der Waals surface area (Å²) in [5, 5.41) is 0. The highest BCUT2D eigenvalue weighted by atomic mass is 32.2. The van der Waals surface area contributed by atoms with Gasteiger partial charge < -0.3 is 4.74 Å². The highest BCUT2D eigenvalue weighted by Gasteiger charge is 2.30. The van der Waals surface area contributed by atoms with Crippen molar-refractivity contribution in [3.05, 3.63) is 29.8 Å². The first-order valence-electron chi connectivity index (χ1n) is 7.47. The number of hydrogen-bond donors (Lipinski definition) is 1. The highest BCUT2D eigenvalue weighted by molar-refractivity contribution is 8.17. The smallest absolute Gasteiger partial charge is 0.118 e. The zero-order valence-corrected chi connectivity index (χ0v) is 16.1. The van der Waals surface area contributed by atoms with Gasteiger partial charge in [0.15, 0.2) is 0 Å². The molecule has 0 aromatic heterocycles. The molecule has 1 aliphatic rings. The molecule has 1 heterocycles. The van der Waals surface area contributed by atoms with Crippen LogP contribution < -0.4 is 9.46 Å². The maximum Gasteiger partial charge on any atom is 0.118 e. The van der Waals surface area contributed by atoms with Crippen LogP contribution in [-0.2, 0) is 11.0 Å². The van der Waals surface area contributed by atoms with Crippen LogP contribution in [0, 0.1) is 0 Å². The number of rotatable bonds is 5. The third kappa shape index (κ3) is 4.91. The van der Waals surface area contributed by atoms with E-state index in [0.717, 1.165) is 5.75 Å². The lowest BCUT2D eigenvalue weighted by Gasteiger charge is -2.32. The van der Waals surface area contributed by atoms with E-state index in [1.54, 1.807) is 7.11 Å². The Morgan fingerprint density at radius 3 is 2.32 bits per heavy atom. The van der Waals surface area contributed by atoms with Gasteiger partial charge in [-0.25, -0.2) is 8.93 Å². The fourth-order valence-electron chi connectivity index (χ4n) is 2.08. The number of hydrogen-bond acceptors (Lipinski definition) is 4. The molecular formula is C16H25NO2S3. The summed E-state index contributed by atoms with van der Waals surface area (Å²) in [7, 11) is 0.588. The van der Waals surface area contributed by atoms with Crippen molar-refractivity contribution in [2.24, 2.45) is 0 Å². The van der Waals surface area contributed by atoms with Gasteiger partial charge in [-0.3, -0.25) is 0 Å². The molecule has 0 spiro atoms. The highest BCUT2D eigenvalue weighted by Crippen LogP contribution is 2.40. The monoisotopic (exact) mass is 359 g/mol. The molecule has 22 heavy (non-hydrogen) atoms. The average molecular weight is 360 g/mol. The minimum atomic E-state index is -1.08. The van der Waals surface area contributed by atoms with Crippen molar-refractivity contribution in [1.29, 1.82) is 0 Å². The van der Waals surface area contributed by atoms with Gasteiger partial charge in [0.1, 0.15) is 5.75 Å². The second-order valence-electron chi connectivity index (χ2n) is 6.21. The Balaban J connectivity index is 2.21. The molecule has 1 aliphatic heterocycles. The van der Waals surface area contributed by atoms with Gasteiger partial charge in [0, 0.05) is 0 Å². The Morgan fingerprint density at radius 2 is 1.82 bits per heavy atom. The molecule has 3 nitrogen and oxygen atoms in total. The van der Waals surface area contributed by atoms with Crippen molar-refractivity contribution in [1.82, 2.24) is 4.72 Å². The van der Waals surface area contributed by atoms with Gasteiger partial charge in [-0.15, -0.1) is 23.5 Å². The standard InChI is InChI=1S/C16H25NO2S3/c1-16(2,3)22(18)17-14(15-20-10-5-11-21-15)12-6-8-13(19-4)9-7-12/h6-9,14-15,17H,5,10-11H2,1-4H3/t14-,22+/m0/s1. The first-order valence-corrected chi connectivity index (χ1v) is 10.7. The van der Waals surface area contributed by atoms with E-state index in [1.165, 1.54) is 23.5 Å². The first kappa shape index (κ1) is 18.2. The lowest BCUT2D eigenvalue weighted by molar-refractivity contribution is 0.414. The van der Waals surface area contributed by atoms with Gasteiger partial charge >= 0.3 is 0 Å². The first-order chi connectivity index (χ1) is 10.4. The quantitative estimate of drug-likeness (QED) is 0.863. The maximum atomic E-state index is 12.6. The summed E-state index contributed by atoms with van der Waals surface area (Å²) in [5.41, 5.74) is 1.17. The number of thioether (sulfide) groups is 2. The molecule has 0 radical (unpaired) electrons. The Kier molecular flexibility index (Phi) is 6.68. The zero-order valence-electron chi connectivity index (χ0n) is 13.6. The topological polar surface area (TPSA) is 38.3 Å². The van der Waals surface area contributed by atoms with Gasteiger partial charge in [0.25, 0.3) is 0 Å². The van der Waals surface area contributed by atoms with E-state index < -0.39 is 11.0 Å². The van der Waals surface area contributed by atoms with Crippen LogP contribution in [0.4, 0.5) is 0 Å². The summed E-state index contributed by atoms with van der Waals surface area (Å²) >= 11 is 3.93. The zero-order chi connectivity index (χ0) is 16.2. The van der Waals surface area contributed by atoms with Crippen molar-refractivity contribution in [2.75, 3.05) is 18.6 Å². The minimum Gasteiger partial charge on any atom is -0.497 e. The SMILES string of the molecule is COc1ccc([C@H](N[S@](=O)C(C)(C)C)C2SCCCS2)cc1. The van der Waals surface area contributed by atoms with Crippen LogP contribution in [0.3, 0.4) is 0 Å². The number of methoxy groups -OCH3 is 1. The van der Waals surface area contributed by atoms with Gasteiger partial charge in [0.05, 0.1) is 33.5 Å². The Labute approximate surface area is 144 Å². The second-order valence-corrected chi connectivity index (χ2v) is 11.0. The summed E-state index contributed by atoms with van der Waals surface area (Å²) in [6, 6.07) is 8.18. The Hall–Kier alpha value is -0.170. The van der Waals surface area contributed by atoms with E-state index in [4.69, 9.17) is 4.74 Å². The van der Waals surface area contributed by atoms with Crippen LogP contribution in [0.25, 0.3) is 0 Å². The molecule has 1 fully saturated rings. The predicted molar refractivity (Wildman–Crippen MR) is 100 cm³/mol. The van der Waals surface area contributed by atoms with E-state index in [9.17, 15) is 4.21 Å². The van der Waals surface area contributed by atoms with Crippen molar-refractivity contribution >= 4 is 34.5 Å². The summed E-state index contributed by atoms with van der Waals surface area (Å²) in [6.45, 7) is 6.01. The largest absolute Gasteiger partial charge is 0.497 e. The average Bonchev–Trinajstić information content (AvgIpc) is 2.52. The van der Waals surface area contributed by atoms with Gasteiger partial charge in [-0.05, 0) is 56.4 Å². The molecule has 2 rings (SSSR count). The number of ether oxygens (including phenoxy) is 1. The lowest BCUT2D eigenvalue weighted by atomic mass is 10.1. The summed E-state index contributed by atoms with van der Waals surface area (Å²) in [5.74, 6) is 3.20. The molecule has 0 unspecified atom stereocenters. The molecule has 0 bridgehead atoms. The molecule has 1 N–H and O–H groups in total. The normalized spacial score (nSPS) is 19.6. The fourth-order valence-corrected chi connectivity index (χ4v) is 6.18. The van der Waals surface area contributed by atoms with E-state index >= 15 is 0 Å². The summed E-state index contributed by atoms with van der Waals surface area (Å²) < 4.78 is 21.3. The van der Waals surface area contributed by atoms with Gasteiger partial charge in [-0.2, -0.15) is 0 Å². The van der Waals surface area contributed by atoms with Crippen LogP contribution in [0.1, 0.15) is 38.8 Å². The van der Waals surface area contributed by atoms with Crippen molar-refractivity contribution < 1.29 is 8.95 Å². The molecule has 0 saturated carbocycles. The summed E-state index contributed by atoms with van der Waals surface area (Å²) in [6.07, 6.45) is 1.25. The second kappa shape index (κ2) is 8.08. The van der Waals surface area contributed by atoms with Crippen molar-refractivity contribution in [3.63, 3.8) is 0 Å². The molecular weight excluding hydrogens is 334 g/mol. The van der Waals surface area contributed by atoms with E-state index in [2.05, 4.69) is 16.9 Å². The molecule has 0 aliphatic carbocycles. The van der Waals surface area contributed by atoms with Crippen LogP contribution >= 0.6 is 23.5 Å². The molecule has 1 saturated heterocycles. The Morgan fingerprint density at radius 1 is 1.23 bits per heavy atom. The van der Waals surface area contributed by atoms with Crippen LogP contribution in [-0.4, -0.2) is 32.2 Å². The third-order valence-electron chi connectivity index (χ3n) is 3.39. The van der Waals surface area contributed by atoms with Gasteiger partial charge in [0.2, 0.25) is 0 Å². The van der Waals surface area contributed by atoms with Crippen LogP contribution in [0.5, 0.6) is 5.75 Å². The van der Waals surface area contributed by atoms with Crippen molar-refractivity contribution in [2.45, 2.75) is 42.6 Å². The van der Waals surface area contributed by atoms with Crippen molar-refractivity contribution in [3.8, 4) is 5.75 Å². The van der Waals surface area contributed by atoms with Crippen LogP contribution in [0.2, 0.25) is 0 Å². The molecule has 2 atom stereocenters. The van der Waals surface area contributed by atoms with E-state index in [-0.39, 0.29) is 10.8 Å². The molecule has 0 amide bonds.